The zero-order valence-corrected chi connectivity index (χ0v) is 12.8. The van der Waals surface area contributed by atoms with Gasteiger partial charge < -0.3 is 10.5 Å². The Bertz CT molecular complexity index is 407. The Morgan fingerprint density at radius 1 is 1.33 bits per heavy atom. The maximum atomic E-state index is 5.99. The minimum Gasteiger partial charge on any atom is -0.398 e. The molecule has 1 fully saturated rings. The standard InChI is InChI=1S/C15H22BrNO/c1-15(2)7-5-12(6-8-15)18-10-11-3-4-13(16)14(17)9-11/h3-4,9,12H,5-8,10,17H2,1-2H3. The molecule has 0 spiro atoms. The highest BCUT2D eigenvalue weighted by atomic mass is 79.9. The number of halogens is 1. The number of hydrogen-bond donors (Lipinski definition) is 1. The van der Waals surface area contributed by atoms with Crippen LogP contribution in [0.4, 0.5) is 5.69 Å². The first-order chi connectivity index (χ1) is 8.46. The van der Waals surface area contributed by atoms with E-state index >= 15 is 0 Å². The van der Waals surface area contributed by atoms with Gasteiger partial charge in [-0.2, -0.15) is 0 Å². The predicted octanol–water partition coefficient (Wildman–Crippen LogP) is 4.52. The van der Waals surface area contributed by atoms with E-state index in [9.17, 15) is 0 Å². The molecule has 2 rings (SSSR count). The van der Waals surface area contributed by atoms with Gasteiger partial charge in [0.25, 0.3) is 0 Å². The normalized spacial score (nSPS) is 19.9. The van der Waals surface area contributed by atoms with Gasteiger partial charge in [0.2, 0.25) is 0 Å². The Morgan fingerprint density at radius 2 is 2.00 bits per heavy atom. The quantitative estimate of drug-likeness (QED) is 0.833. The lowest BCUT2D eigenvalue weighted by Crippen LogP contribution is -2.26. The van der Waals surface area contributed by atoms with Gasteiger partial charge in [0.05, 0.1) is 12.7 Å². The Labute approximate surface area is 118 Å². The van der Waals surface area contributed by atoms with Gasteiger partial charge in [-0.25, -0.2) is 0 Å². The van der Waals surface area contributed by atoms with Crippen molar-refractivity contribution < 1.29 is 4.74 Å². The zero-order valence-electron chi connectivity index (χ0n) is 11.2. The molecule has 0 unspecified atom stereocenters. The maximum absolute atomic E-state index is 5.99. The van der Waals surface area contributed by atoms with E-state index in [4.69, 9.17) is 10.5 Å². The number of ether oxygens (including phenoxy) is 1. The van der Waals surface area contributed by atoms with E-state index in [1.807, 2.05) is 12.1 Å². The first-order valence-corrected chi connectivity index (χ1v) is 7.41. The summed E-state index contributed by atoms with van der Waals surface area (Å²) in [6.07, 6.45) is 5.31. The second-order valence-electron chi connectivity index (χ2n) is 6.03. The molecular formula is C15H22BrNO. The fraction of sp³-hybridized carbons (Fsp3) is 0.600. The molecule has 0 radical (unpaired) electrons. The van der Waals surface area contributed by atoms with Crippen LogP contribution in [-0.2, 0) is 11.3 Å². The summed E-state index contributed by atoms with van der Waals surface area (Å²) in [4.78, 5) is 0. The van der Waals surface area contributed by atoms with Crippen molar-refractivity contribution in [1.82, 2.24) is 0 Å². The van der Waals surface area contributed by atoms with Crippen molar-refractivity contribution in [3.63, 3.8) is 0 Å². The van der Waals surface area contributed by atoms with Crippen molar-refractivity contribution in [3.8, 4) is 0 Å². The van der Waals surface area contributed by atoms with E-state index < -0.39 is 0 Å². The third kappa shape index (κ3) is 3.72. The molecule has 2 N–H and O–H groups in total. The van der Waals surface area contributed by atoms with Crippen LogP contribution in [0.25, 0.3) is 0 Å². The summed E-state index contributed by atoms with van der Waals surface area (Å²) in [5.74, 6) is 0. The van der Waals surface area contributed by atoms with Crippen LogP contribution in [0.1, 0.15) is 45.1 Å². The van der Waals surface area contributed by atoms with Crippen LogP contribution in [-0.4, -0.2) is 6.10 Å². The monoisotopic (exact) mass is 311 g/mol. The number of nitrogens with two attached hydrogens (primary N) is 1. The highest BCUT2D eigenvalue weighted by Gasteiger charge is 2.27. The molecule has 1 aliphatic carbocycles. The van der Waals surface area contributed by atoms with E-state index in [2.05, 4.69) is 35.8 Å². The summed E-state index contributed by atoms with van der Waals surface area (Å²) < 4.78 is 6.94. The largest absolute Gasteiger partial charge is 0.398 e. The highest BCUT2D eigenvalue weighted by molar-refractivity contribution is 9.10. The van der Waals surface area contributed by atoms with Crippen LogP contribution in [0.2, 0.25) is 0 Å². The van der Waals surface area contributed by atoms with Crippen LogP contribution < -0.4 is 5.73 Å². The van der Waals surface area contributed by atoms with Gasteiger partial charge >= 0.3 is 0 Å². The summed E-state index contributed by atoms with van der Waals surface area (Å²) >= 11 is 3.40. The second-order valence-corrected chi connectivity index (χ2v) is 6.88. The van der Waals surface area contributed by atoms with E-state index in [1.165, 1.54) is 25.7 Å². The molecule has 2 nitrogen and oxygen atoms in total. The number of rotatable bonds is 3. The van der Waals surface area contributed by atoms with Gasteiger partial charge in [-0.3, -0.25) is 0 Å². The maximum Gasteiger partial charge on any atom is 0.0721 e. The summed E-state index contributed by atoms with van der Waals surface area (Å²) in [6, 6.07) is 6.03. The number of hydrogen-bond acceptors (Lipinski definition) is 2. The van der Waals surface area contributed by atoms with Crippen LogP contribution in [0.3, 0.4) is 0 Å². The SMILES string of the molecule is CC1(C)CCC(OCc2ccc(Br)c(N)c2)CC1. The predicted molar refractivity (Wildman–Crippen MR) is 79.4 cm³/mol. The van der Waals surface area contributed by atoms with Crippen LogP contribution in [0.5, 0.6) is 0 Å². The Balaban J connectivity index is 1.83. The summed E-state index contributed by atoms with van der Waals surface area (Å²) in [7, 11) is 0. The molecule has 0 aromatic heterocycles. The molecule has 0 aliphatic heterocycles. The number of anilines is 1. The topological polar surface area (TPSA) is 35.2 Å². The summed E-state index contributed by atoms with van der Waals surface area (Å²) in [6.45, 7) is 5.36. The van der Waals surface area contributed by atoms with Gasteiger partial charge in [-0.1, -0.05) is 19.9 Å². The highest BCUT2D eigenvalue weighted by Crippen LogP contribution is 2.36. The zero-order chi connectivity index (χ0) is 13.2. The minimum absolute atomic E-state index is 0.419. The molecule has 1 aromatic rings. The molecule has 0 bridgehead atoms. The molecule has 1 aliphatic rings. The van der Waals surface area contributed by atoms with Crippen molar-refractivity contribution in [1.29, 1.82) is 0 Å². The first-order valence-electron chi connectivity index (χ1n) is 6.62. The fourth-order valence-corrected chi connectivity index (χ4v) is 2.68. The molecule has 1 aromatic carbocycles. The number of benzene rings is 1. The molecule has 3 heteroatoms. The van der Waals surface area contributed by atoms with Crippen molar-refractivity contribution >= 4 is 21.6 Å². The average molecular weight is 312 g/mol. The van der Waals surface area contributed by atoms with Crippen molar-refractivity contribution in [3.05, 3.63) is 28.2 Å². The second kappa shape index (κ2) is 5.62. The molecule has 0 amide bonds. The smallest absolute Gasteiger partial charge is 0.0721 e. The lowest BCUT2D eigenvalue weighted by atomic mass is 9.76. The summed E-state index contributed by atoms with van der Waals surface area (Å²) in [5, 5.41) is 0. The van der Waals surface area contributed by atoms with Gasteiger partial charge in [0, 0.05) is 10.2 Å². The number of nitrogen functional groups attached to an aromatic ring is 1. The van der Waals surface area contributed by atoms with Crippen LogP contribution >= 0.6 is 15.9 Å². The van der Waals surface area contributed by atoms with Gasteiger partial charge in [0.15, 0.2) is 0 Å². The third-order valence-corrected chi connectivity index (χ3v) is 4.55. The van der Waals surface area contributed by atoms with Crippen LogP contribution in [0.15, 0.2) is 22.7 Å². The van der Waals surface area contributed by atoms with Crippen molar-refractivity contribution in [2.75, 3.05) is 5.73 Å². The van der Waals surface area contributed by atoms with E-state index in [1.54, 1.807) is 0 Å². The molecular weight excluding hydrogens is 290 g/mol. The third-order valence-electron chi connectivity index (χ3n) is 3.83. The molecule has 100 valence electrons. The first kappa shape index (κ1) is 13.9. The lowest BCUT2D eigenvalue weighted by molar-refractivity contribution is -0.00557. The molecule has 1 saturated carbocycles. The molecule has 0 atom stereocenters. The van der Waals surface area contributed by atoms with Crippen molar-refractivity contribution in [2.24, 2.45) is 5.41 Å². The van der Waals surface area contributed by atoms with E-state index in [0.29, 0.717) is 18.1 Å². The Kier molecular flexibility index (Phi) is 4.33. The lowest BCUT2D eigenvalue weighted by Gasteiger charge is -2.34. The van der Waals surface area contributed by atoms with Gasteiger partial charge in [0.1, 0.15) is 0 Å². The van der Waals surface area contributed by atoms with E-state index in [0.717, 1.165) is 15.7 Å². The van der Waals surface area contributed by atoms with Crippen molar-refractivity contribution in [2.45, 2.75) is 52.2 Å². The van der Waals surface area contributed by atoms with Gasteiger partial charge in [-0.15, -0.1) is 0 Å². The summed E-state index contributed by atoms with van der Waals surface area (Å²) in [5.41, 5.74) is 8.30. The molecule has 18 heavy (non-hydrogen) atoms. The Hall–Kier alpha value is -0.540. The van der Waals surface area contributed by atoms with Gasteiger partial charge in [-0.05, 0) is 64.7 Å². The van der Waals surface area contributed by atoms with Crippen LogP contribution in [0, 0.1) is 5.41 Å². The molecule has 0 heterocycles. The molecule has 0 saturated heterocycles. The Morgan fingerprint density at radius 3 is 2.61 bits per heavy atom. The average Bonchev–Trinajstić information content (AvgIpc) is 2.32. The van der Waals surface area contributed by atoms with E-state index in [-0.39, 0.29) is 0 Å². The fourth-order valence-electron chi connectivity index (χ4n) is 2.44. The minimum atomic E-state index is 0.419.